The minimum Gasteiger partial charge on any atom is -0.325 e. The molecule has 0 aromatic rings. The van der Waals surface area contributed by atoms with Gasteiger partial charge in [-0.1, -0.05) is 0 Å². The molecular weight excluding hydrogens is 167 g/mol. The van der Waals surface area contributed by atoms with Crippen LogP contribution in [0.2, 0.25) is 0 Å². The van der Waals surface area contributed by atoms with Crippen LogP contribution in [0, 0.1) is 0 Å². The van der Waals surface area contributed by atoms with Gasteiger partial charge in [0.1, 0.15) is 12.1 Å². The summed E-state index contributed by atoms with van der Waals surface area (Å²) in [5.41, 5.74) is 6.96. The molecule has 0 aromatic carbocycles. The lowest BCUT2D eigenvalue weighted by molar-refractivity contribution is -0.930. The van der Waals surface area contributed by atoms with Crippen molar-refractivity contribution in [3.63, 3.8) is 0 Å². The average molecular weight is 185 g/mol. The van der Waals surface area contributed by atoms with Crippen LogP contribution in [0.25, 0.3) is 0 Å². The fraction of sp³-hybridized carbons (Fsp3) is 0.800. The Morgan fingerprint density at radius 3 is 3.00 bits per heavy atom. The molecule has 0 amide bonds. The highest BCUT2D eigenvalue weighted by atomic mass is 19.1. The van der Waals surface area contributed by atoms with Gasteiger partial charge in [-0.2, -0.15) is 0 Å². The van der Waals surface area contributed by atoms with Crippen molar-refractivity contribution in [1.29, 1.82) is 0 Å². The fourth-order valence-corrected chi connectivity index (χ4v) is 3.18. The smallest absolute Gasteiger partial charge is 0.116 e. The fourth-order valence-electron chi connectivity index (χ4n) is 3.18. The molecule has 0 aliphatic carbocycles. The SMILES string of the molecule is C[N+]12CCCC1(CN)C/C(=C\F)C2. The molecule has 2 aliphatic heterocycles. The molecule has 74 valence electrons. The maximum Gasteiger partial charge on any atom is 0.116 e. The first-order chi connectivity index (χ1) is 6.16. The van der Waals surface area contributed by atoms with Crippen LogP contribution in [0.3, 0.4) is 0 Å². The third-order valence-electron chi connectivity index (χ3n) is 4.08. The predicted molar refractivity (Wildman–Crippen MR) is 50.7 cm³/mol. The minimum absolute atomic E-state index is 0.165. The number of quaternary nitrogens is 1. The van der Waals surface area contributed by atoms with Gasteiger partial charge in [0.15, 0.2) is 0 Å². The molecule has 2 unspecified atom stereocenters. The molecule has 0 radical (unpaired) electrons. The van der Waals surface area contributed by atoms with E-state index in [1.807, 2.05) is 0 Å². The number of fused-ring (bicyclic) bond motifs is 1. The Bertz CT molecular complexity index is 251. The summed E-state index contributed by atoms with van der Waals surface area (Å²) in [4.78, 5) is 0. The van der Waals surface area contributed by atoms with Crippen molar-refractivity contribution in [2.75, 3.05) is 26.7 Å². The third-order valence-corrected chi connectivity index (χ3v) is 4.08. The summed E-state index contributed by atoms with van der Waals surface area (Å²) in [6, 6.07) is 0. The second kappa shape index (κ2) is 2.79. The number of nitrogens with two attached hydrogens (primary N) is 1. The molecule has 2 N–H and O–H groups in total. The van der Waals surface area contributed by atoms with Crippen molar-refractivity contribution in [3.8, 4) is 0 Å². The zero-order valence-corrected chi connectivity index (χ0v) is 8.22. The van der Waals surface area contributed by atoms with Gasteiger partial charge in [-0.25, -0.2) is 4.39 Å². The zero-order valence-electron chi connectivity index (χ0n) is 8.22. The molecule has 0 spiro atoms. The molecule has 2 aliphatic rings. The Balaban J connectivity index is 2.32. The normalized spacial score (nSPS) is 47.2. The van der Waals surface area contributed by atoms with Gasteiger partial charge < -0.3 is 10.2 Å². The molecule has 0 bridgehead atoms. The van der Waals surface area contributed by atoms with Crippen molar-refractivity contribution < 1.29 is 8.87 Å². The van der Waals surface area contributed by atoms with E-state index in [1.54, 1.807) is 0 Å². The number of hydrogen-bond acceptors (Lipinski definition) is 1. The highest BCUT2D eigenvalue weighted by Gasteiger charge is 2.56. The van der Waals surface area contributed by atoms with Gasteiger partial charge in [0.2, 0.25) is 0 Å². The van der Waals surface area contributed by atoms with Crippen molar-refractivity contribution in [2.24, 2.45) is 5.73 Å². The Kier molecular flexibility index (Phi) is 1.96. The first-order valence-electron chi connectivity index (χ1n) is 4.99. The quantitative estimate of drug-likeness (QED) is 0.610. The summed E-state index contributed by atoms with van der Waals surface area (Å²) in [6.07, 6.45) is 4.07. The van der Waals surface area contributed by atoms with E-state index in [0.29, 0.717) is 6.54 Å². The van der Waals surface area contributed by atoms with Crippen molar-refractivity contribution in [2.45, 2.75) is 24.8 Å². The van der Waals surface area contributed by atoms with E-state index >= 15 is 0 Å². The Morgan fingerprint density at radius 2 is 2.46 bits per heavy atom. The topological polar surface area (TPSA) is 26.0 Å². The zero-order chi connectivity index (χ0) is 9.53. The molecule has 2 nitrogen and oxygen atoms in total. The van der Waals surface area contributed by atoms with Gasteiger partial charge in [-0.05, 0) is 0 Å². The number of halogens is 1. The van der Waals surface area contributed by atoms with E-state index in [1.165, 1.54) is 6.42 Å². The highest BCUT2D eigenvalue weighted by molar-refractivity contribution is 5.12. The van der Waals surface area contributed by atoms with E-state index in [2.05, 4.69) is 7.05 Å². The number of nitrogens with zero attached hydrogens (tertiary/aromatic N) is 1. The summed E-state index contributed by atoms with van der Waals surface area (Å²) in [6.45, 7) is 2.73. The first kappa shape index (κ1) is 9.16. The average Bonchev–Trinajstić information content (AvgIpc) is 2.55. The van der Waals surface area contributed by atoms with Crippen LogP contribution in [0.5, 0.6) is 0 Å². The second-order valence-electron chi connectivity index (χ2n) is 4.75. The molecule has 0 aromatic heterocycles. The maximum atomic E-state index is 12.5. The van der Waals surface area contributed by atoms with Crippen LogP contribution in [-0.2, 0) is 0 Å². The lowest BCUT2D eigenvalue weighted by Crippen LogP contribution is -2.57. The van der Waals surface area contributed by atoms with Crippen LogP contribution >= 0.6 is 0 Å². The predicted octanol–water partition coefficient (Wildman–Crippen LogP) is 1.18. The van der Waals surface area contributed by atoms with Crippen LogP contribution in [0.1, 0.15) is 19.3 Å². The standard InChI is InChI=1S/C10H18FN2/c1-13-4-2-3-10(13,8-12)5-9(6-11)7-13/h6H,2-5,7-8,12H2,1H3/q+1/b9-6+. The summed E-state index contributed by atoms with van der Waals surface area (Å²) in [5.74, 6) is 0. The monoisotopic (exact) mass is 185 g/mol. The lowest BCUT2D eigenvalue weighted by Gasteiger charge is -2.39. The van der Waals surface area contributed by atoms with Gasteiger partial charge in [0.25, 0.3) is 0 Å². The number of rotatable bonds is 1. The van der Waals surface area contributed by atoms with Crippen LogP contribution in [0.15, 0.2) is 11.9 Å². The van der Waals surface area contributed by atoms with E-state index in [4.69, 9.17) is 5.73 Å². The molecule has 2 heterocycles. The Labute approximate surface area is 78.8 Å². The first-order valence-corrected chi connectivity index (χ1v) is 4.99. The molecular formula is C10H18FN2+. The summed E-state index contributed by atoms with van der Waals surface area (Å²) in [5, 5.41) is 0. The molecule has 0 saturated carbocycles. The minimum atomic E-state index is 0.165. The van der Waals surface area contributed by atoms with Crippen molar-refractivity contribution in [3.05, 3.63) is 11.9 Å². The number of likely N-dealkylation sites (N-methyl/N-ethyl adjacent to an activating group) is 1. The van der Waals surface area contributed by atoms with Crippen LogP contribution < -0.4 is 5.73 Å². The largest absolute Gasteiger partial charge is 0.325 e. The Hall–Kier alpha value is -0.410. The molecule has 2 saturated heterocycles. The van der Waals surface area contributed by atoms with E-state index in [9.17, 15) is 4.39 Å². The van der Waals surface area contributed by atoms with Gasteiger partial charge in [-0.15, -0.1) is 0 Å². The van der Waals surface area contributed by atoms with E-state index in [0.717, 1.165) is 42.3 Å². The van der Waals surface area contributed by atoms with Gasteiger partial charge in [-0.3, -0.25) is 0 Å². The van der Waals surface area contributed by atoms with Crippen molar-refractivity contribution in [1.82, 2.24) is 0 Å². The molecule has 2 rings (SSSR count). The van der Waals surface area contributed by atoms with E-state index < -0.39 is 0 Å². The van der Waals surface area contributed by atoms with Crippen LogP contribution in [0.4, 0.5) is 4.39 Å². The van der Waals surface area contributed by atoms with E-state index in [-0.39, 0.29) is 5.54 Å². The molecule has 13 heavy (non-hydrogen) atoms. The summed E-state index contributed by atoms with van der Waals surface area (Å²) >= 11 is 0. The molecule has 2 fully saturated rings. The summed E-state index contributed by atoms with van der Waals surface area (Å²) in [7, 11) is 2.22. The lowest BCUT2D eigenvalue weighted by atomic mass is 9.92. The maximum absolute atomic E-state index is 12.5. The van der Waals surface area contributed by atoms with Gasteiger partial charge >= 0.3 is 0 Å². The second-order valence-corrected chi connectivity index (χ2v) is 4.75. The van der Waals surface area contributed by atoms with Crippen molar-refractivity contribution >= 4 is 0 Å². The third kappa shape index (κ3) is 1.07. The van der Waals surface area contributed by atoms with Gasteiger partial charge in [0, 0.05) is 31.4 Å². The summed E-state index contributed by atoms with van der Waals surface area (Å²) < 4.78 is 13.4. The highest BCUT2D eigenvalue weighted by Crippen LogP contribution is 2.45. The molecule has 3 heteroatoms. The number of hydrogen-bond donors (Lipinski definition) is 1. The van der Waals surface area contributed by atoms with Gasteiger partial charge in [0.05, 0.1) is 19.9 Å². The Morgan fingerprint density at radius 1 is 1.69 bits per heavy atom. The van der Waals surface area contributed by atoms with Crippen LogP contribution in [-0.4, -0.2) is 36.7 Å². The molecule has 2 atom stereocenters.